The largest absolute Gasteiger partial charge is 0.432 e. The number of allylic oxidation sites excluding steroid dienone is 1. The zero-order valence-electron chi connectivity index (χ0n) is 23.4. The number of hydrogen-bond donors (Lipinski definition) is 0. The van der Waals surface area contributed by atoms with Gasteiger partial charge >= 0.3 is 6.11 Å². The monoisotopic (exact) mass is 617 g/mol. The Morgan fingerprint density at radius 2 is 1.20 bits per heavy atom. The van der Waals surface area contributed by atoms with Crippen molar-refractivity contribution >= 4 is 0 Å². The number of benzene rings is 5. The summed E-state index contributed by atoms with van der Waals surface area (Å²) in [5.74, 6) is -7.04. The van der Waals surface area contributed by atoms with Gasteiger partial charge in [0.25, 0.3) is 0 Å². The number of nitriles is 1. The summed E-state index contributed by atoms with van der Waals surface area (Å²) in [6.07, 6.45) is -1.09. The molecule has 0 amide bonds. The van der Waals surface area contributed by atoms with Crippen molar-refractivity contribution in [3.05, 3.63) is 149 Å². The van der Waals surface area contributed by atoms with E-state index in [1.165, 1.54) is 24.3 Å². The van der Waals surface area contributed by atoms with Crippen molar-refractivity contribution in [1.29, 1.82) is 5.26 Å². The Morgan fingerprint density at radius 3 is 1.78 bits per heavy atom. The highest BCUT2D eigenvalue weighted by atomic mass is 19.3. The first-order valence-corrected chi connectivity index (χ1v) is 13.6. The molecule has 0 fully saturated rings. The van der Waals surface area contributed by atoms with Gasteiger partial charge in [-0.1, -0.05) is 54.6 Å². The molecule has 9 heteroatoms. The summed E-state index contributed by atoms with van der Waals surface area (Å²) in [6.45, 7) is 3.71. The van der Waals surface area contributed by atoms with Crippen LogP contribution in [0.1, 0.15) is 23.1 Å². The second-order valence-corrected chi connectivity index (χ2v) is 10.1. The smallest absolute Gasteiger partial charge is 0.429 e. The summed E-state index contributed by atoms with van der Waals surface area (Å²) < 4.78 is 108. The average Bonchev–Trinajstić information content (AvgIpc) is 2.99. The van der Waals surface area contributed by atoms with E-state index in [0.717, 1.165) is 48.2 Å². The van der Waals surface area contributed by atoms with Crippen LogP contribution in [0.2, 0.25) is 0 Å². The molecule has 0 N–H and O–H groups in total. The van der Waals surface area contributed by atoms with Gasteiger partial charge in [0.1, 0.15) is 46.5 Å². The van der Waals surface area contributed by atoms with Gasteiger partial charge in [0.15, 0.2) is 0 Å². The molecule has 0 atom stereocenters. The van der Waals surface area contributed by atoms with Gasteiger partial charge in [-0.3, -0.25) is 0 Å². The Morgan fingerprint density at radius 1 is 0.644 bits per heavy atom. The minimum absolute atomic E-state index is 0.0792. The van der Waals surface area contributed by atoms with Crippen LogP contribution in [-0.4, -0.2) is 0 Å². The Bertz CT molecular complexity index is 1920. The minimum atomic E-state index is -4.59. The van der Waals surface area contributed by atoms with Crippen LogP contribution in [0.3, 0.4) is 0 Å². The van der Waals surface area contributed by atoms with Crippen molar-refractivity contribution in [2.24, 2.45) is 0 Å². The summed E-state index contributed by atoms with van der Waals surface area (Å²) in [5, 5.41) is 8.77. The first kappa shape index (κ1) is 31.1. The van der Waals surface area contributed by atoms with E-state index >= 15 is 8.78 Å². The van der Waals surface area contributed by atoms with E-state index in [-0.39, 0.29) is 16.7 Å². The van der Waals surface area contributed by atoms with Crippen LogP contribution in [0.15, 0.2) is 104 Å². The van der Waals surface area contributed by atoms with E-state index in [1.54, 1.807) is 6.07 Å². The Kier molecular flexibility index (Phi) is 8.77. The molecule has 45 heavy (non-hydrogen) atoms. The standard InChI is InChI=1S/C36H22F7NO/c1-2-3-4-21-5-7-22(8-6-21)23-10-13-28(31(38)15-23)24-11-14-29(32(39)16-24)26-17-33(40)35(34(41)18-26)36(42,43)45-27-12-9-25(20-44)30(37)19-27/h2,5-19H,1,3-4H2. The summed E-state index contributed by atoms with van der Waals surface area (Å²) in [5.41, 5.74) is -0.204. The van der Waals surface area contributed by atoms with Gasteiger partial charge in [-0.15, -0.1) is 6.58 Å². The van der Waals surface area contributed by atoms with Gasteiger partial charge in [0.2, 0.25) is 0 Å². The number of rotatable bonds is 9. The number of nitrogens with zero attached hydrogens (tertiary/aromatic N) is 1. The third kappa shape index (κ3) is 6.60. The van der Waals surface area contributed by atoms with Crippen LogP contribution < -0.4 is 4.74 Å². The van der Waals surface area contributed by atoms with Crippen molar-refractivity contribution in [2.75, 3.05) is 0 Å². The molecule has 0 heterocycles. The summed E-state index contributed by atoms with van der Waals surface area (Å²) in [4.78, 5) is 0. The van der Waals surface area contributed by atoms with E-state index < -0.39 is 57.6 Å². The molecule has 0 saturated heterocycles. The summed E-state index contributed by atoms with van der Waals surface area (Å²) >= 11 is 0. The van der Waals surface area contributed by atoms with Crippen molar-refractivity contribution in [3.8, 4) is 45.2 Å². The average molecular weight is 618 g/mol. The van der Waals surface area contributed by atoms with E-state index in [0.29, 0.717) is 23.8 Å². The highest BCUT2D eigenvalue weighted by Crippen LogP contribution is 2.38. The molecule has 0 aromatic heterocycles. The maximum absolute atomic E-state index is 15.2. The van der Waals surface area contributed by atoms with E-state index in [4.69, 9.17) is 5.26 Å². The number of alkyl halides is 2. The second-order valence-electron chi connectivity index (χ2n) is 10.1. The quantitative estimate of drug-likeness (QED) is 0.122. The Labute approximate surface area is 254 Å². The SMILES string of the molecule is C=CCCc1ccc(-c2ccc(-c3ccc(-c4cc(F)c(C(F)(F)Oc5ccc(C#N)c(F)c5)c(F)c4)c(F)c3)c(F)c2)cc1. The van der Waals surface area contributed by atoms with Crippen LogP contribution in [0.25, 0.3) is 33.4 Å². The maximum atomic E-state index is 15.2. The Hall–Kier alpha value is -5.36. The van der Waals surface area contributed by atoms with Crippen molar-refractivity contribution in [1.82, 2.24) is 0 Å². The second kappa shape index (κ2) is 12.7. The molecule has 0 spiro atoms. The van der Waals surface area contributed by atoms with E-state index in [9.17, 15) is 22.0 Å². The van der Waals surface area contributed by atoms with E-state index in [1.807, 2.05) is 30.3 Å². The zero-order valence-corrected chi connectivity index (χ0v) is 23.4. The molecule has 5 aromatic rings. The number of ether oxygens (including phenoxy) is 1. The van der Waals surface area contributed by atoms with Crippen molar-refractivity contribution in [2.45, 2.75) is 19.0 Å². The summed E-state index contributed by atoms with van der Waals surface area (Å²) in [6, 6.07) is 20.3. The maximum Gasteiger partial charge on any atom is 0.432 e. The molecule has 5 aromatic carbocycles. The lowest BCUT2D eigenvalue weighted by molar-refractivity contribution is -0.189. The van der Waals surface area contributed by atoms with Crippen molar-refractivity contribution < 1.29 is 35.5 Å². The van der Waals surface area contributed by atoms with Gasteiger partial charge < -0.3 is 4.74 Å². The molecule has 0 unspecified atom stereocenters. The lowest BCUT2D eigenvalue weighted by Crippen LogP contribution is -2.25. The number of hydrogen-bond acceptors (Lipinski definition) is 2. The molecular formula is C36H22F7NO. The molecule has 226 valence electrons. The molecule has 0 aliphatic heterocycles. The molecule has 2 nitrogen and oxygen atoms in total. The molecule has 0 aliphatic carbocycles. The van der Waals surface area contributed by atoms with Gasteiger partial charge in [0, 0.05) is 17.2 Å². The first-order chi connectivity index (χ1) is 21.5. The molecule has 0 bridgehead atoms. The van der Waals surface area contributed by atoms with Gasteiger partial charge in [-0.25, -0.2) is 22.0 Å². The van der Waals surface area contributed by atoms with Gasteiger partial charge in [-0.05, 0) is 77.1 Å². The number of aryl methyl sites for hydroxylation is 1. The normalized spacial score (nSPS) is 11.2. The highest BCUT2D eigenvalue weighted by molar-refractivity contribution is 5.74. The fourth-order valence-corrected chi connectivity index (χ4v) is 4.83. The molecule has 5 rings (SSSR count). The van der Waals surface area contributed by atoms with Crippen LogP contribution in [0.5, 0.6) is 5.75 Å². The van der Waals surface area contributed by atoms with Crippen LogP contribution in [0.4, 0.5) is 30.7 Å². The van der Waals surface area contributed by atoms with Gasteiger partial charge in [-0.2, -0.15) is 14.0 Å². The minimum Gasteiger partial charge on any atom is -0.429 e. The predicted molar refractivity (Wildman–Crippen MR) is 157 cm³/mol. The number of halogens is 7. The fraction of sp³-hybridized carbons (Fsp3) is 0.0833. The zero-order chi connectivity index (χ0) is 32.3. The Balaban J connectivity index is 1.39. The molecule has 0 saturated carbocycles. The predicted octanol–water partition coefficient (Wildman–Crippen LogP) is 10.5. The third-order valence-electron chi connectivity index (χ3n) is 7.12. The van der Waals surface area contributed by atoms with Crippen molar-refractivity contribution in [3.63, 3.8) is 0 Å². The highest BCUT2D eigenvalue weighted by Gasteiger charge is 2.41. The van der Waals surface area contributed by atoms with Crippen LogP contribution in [0, 0.1) is 40.4 Å². The molecule has 0 radical (unpaired) electrons. The summed E-state index contributed by atoms with van der Waals surface area (Å²) in [7, 11) is 0. The molecular weight excluding hydrogens is 595 g/mol. The van der Waals surface area contributed by atoms with Crippen LogP contribution >= 0.6 is 0 Å². The topological polar surface area (TPSA) is 33.0 Å². The molecule has 0 aliphatic rings. The fourth-order valence-electron chi connectivity index (χ4n) is 4.83. The lowest BCUT2D eigenvalue weighted by Gasteiger charge is -2.20. The first-order valence-electron chi connectivity index (χ1n) is 13.6. The van der Waals surface area contributed by atoms with Gasteiger partial charge in [0.05, 0.1) is 5.56 Å². The lowest BCUT2D eigenvalue weighted by atomic mass is 9.96. The van der Waals surface area contributed by atoms with Crippen LogP contribution in [-0.2, 0) is 12.5 Å². The van der Waals surface area contributed by atoms with E-state index in [2.05, 4.69) is 11.3 Å². The third-order valence-corrected chi connectivity index (χ3v) is 7.12.